The molecule has 0 bridgehead atoms. The summed E-state index contributed by atoms with van der Waals surface area (Å²) in [5.41, 5.74) is 0. The number of aliphatic carboxylic acids is 1. The van der Waals surface area contributed by atoms with Crippen molar-refractivity contribution in [3.05, 3.63) is 11.7 Å². The lowest BCUT2D eigenvalue weighted by Crippen LogP contribution is -2.37. The van der Waals surface area contributed by atoms with Gasteiger partial charge in [0.2, 0.25) is 5.89 Å². The molecule has 1 aromatic heterocycles. The molecule has 0 aliphatic heterocycles. The Labute approximate surface area is 94.0 Å². The second-order valence-corrected chi connectivity index (χ2v) is 3.62. The number of carboxylic acids is 1. The van der Waals surface area contributed by atoms with Crippen LogP contribution >= 0.6 is 0 Å². The maximum Gasteiger partial charge on any atom is 0.320 e. The lowest BCUT2D eigenvalue weighted by Gasteiger charge is -2.11. The fraction of sp³-hybridized carbons (Fsp3) is 0.700. The molecule has 0 aromatic carbocycles. The molecule has 0 saturated carbocycles. The number of aryl methyl sites for hydroxylation is 1. The zero-order chi connectivity index (χ0) is 12.0. The van der Waals surface area contributed by atoms with Gasteiger partial charge in [-0.05, 0) is 13.3 Å². The highest BCUT2D eigenvalue weighted by Crippen LogP contribution is 1.99. The monoisotopic (exact) mass is 227 g/mol. The highest BCUT2D eigenvalue weighted by atomic mass is 16.5. The van der Waals surface area contributed by atoms with Gasteiger partial charge in [-0.15, -0.1) is 0 Å². The lowest BCUT2D eigenvalue weighted by molar-refractivity contribution is -0.139. The van der Waals surface area contributed by atoms with Crippen LogP contribution in [0.15, 0.2) is 4.52 Å². The standard InChI is InChI=1S/C10H17N3O3/c1-3-4-8(10(14)15)11-6-5-9-12-7(2)13-16-9/h8,11H,3-6H2,1-2H3,(H,14,15). The molecular formula is C10H17N3O3. The number of hydrogen-bond donors (Lipinski definition) is 2. The first-order valence-corrected chi connectivity index (χ1v) is 5.39. The van der Waals surface area contributed by atoms with Crippen molar-refractivity contribution in [3.63, 3.8) is 0 Å². The Balaban J connectivity index is 2.30. The van der Waals surface area contributed by atoms with Gasteiger partial charge in [-0.1, -0.05) is 18.5 Å². The third-order valence-corrected chi connectivity index (χ3v) is 2.17. The molecule has 0 aliphatic rings. The molecule has 90 valence electrons. The Kier molecular flexibility index (Phi) is 4.91. The van der Waals surface area contributed by atoms with Crippen molar-refractivity contribution >= 4 is 5.97 Å². The minimum atomic E-state index is -0.816. The molecule has 1 unspecified atom stereocenters. The van der Waals surface area contributed by atoms with E-state index in [0.29, 0.717) is 31.1 Å². The SMILES string of the molecule is CCCC(NCCc1nc(C)no1)C(=O)O. The van der Waals surface area contributed by atoms with Crippen LogP contribution in [0.25, 0.3) is 0 Å². The van der Waals surface area contributed by atoms with Gasteiger partial charge in [-0.3, -0.25) is 4.79 Å². The van der Waals surface area contributed by atoms with E-state index in [1.807, 2.05) is 6.92 Å². The Morgan fingerprint density at radius 2 is 2.38 bits per heavy atom. The molecule has 0 amide bonds. The molecule has 1 heterocycles. The predicted octanol–water partition coefficient (Wildman–Crippen LogP) is 0.763. The van der Waals surface area contributed by atoms with Crippen molar-refractivity contribution in [2.24, 2.45) is 0 Å². The Morgan fingerprint density at radius 1 is 1.62 bits per heavy atom. The van der Waals surface area contributed by atoms with Gasteiger partial charge in [0, 0.05) is 13.0 Å². The molecule has 6 heteroatoms. The Hall–Kier alpha value is -1.43. The summed E-state index contributed by atoms with van der Waals surface area (Å²) in [5.74, 6) is 0.313. The number of hydrogen-bond acceptors (Lipinski definition) is 5. The molecule has 0 saturated heterocycles. The van der Waals surface area contributed by atoms with Gasteiger partial charge in [-0.25, -0.2) is 0 Å². The highest BCUT2D eigenvalue weighted by Gasteiger charge is 2.15. The molecule has 1 rings (SSSR count). The second-order valence-electron chi connectivity index (χ2n) is 3.62. The Bertz CT molecular complexity index is 338. The summed E-state index contributed by atoms with van der Waals surface area (Å²) in [6.45, 7) is 4.23. The van der Waals surface area contributed by atoms with E-state index in [0.717, 1.165) is 6.42 Å². The van der Waals surface area contributed by atoms with Crippen LogP contribution in [-0.4, -0.2) is 33.8 Å². The number of carbonyl (C=O) groups is 1. The van der Waals surface area contributed by atoms with E-state index >= 15 is 0 Å². The average Bonchev–Trinajstić information content (AvgIpc) is 2.63. The molecular weight excluding hydrogens is 210 g/mol. The van der Waals surface area contributed by atoms with E-state index in [-0.39, 0.29) is 0 Å². The molecule has 0 fully saturated rings. The fourth-order valence-corrected chi connectivity index (χ4v) is 1.40. The minimum Gasteiger partial charge on any atom is -0.480 e. The first-order valence-electron chi connectivity index (χ1n) is 5.39. The van der Waals surface area contributed by atoms with Crippen LogP contribution < -0.4 is 5.32 Å². The molecule has 0 radical (unpaired) electrons. The normalized spacial score (nSPS) is 12.6. The average molecular weight is 227 g/mol. The topological polar surface area (TPSA) is 88.3 Å². The summed E-state index contributed by atoms with van der Waals surface area (Å²) in [7, 11) is 0. The van der Waals surface area contributed by atoms with Crippen LogP contribution in [-0.2, 0) is 11.2 Å². The van der Waals surface area contributed by atoms with Gasteiger partial charge in [-0.2, -0.15) is 4.98 Å². The summed E-state index contributed by atoms with van der Waals surface area (Å²) < 4.78 is 4.92. The maximum absolute atomic E-state index is 10.8. The van der Waals surface area contributed by atoms with Crippen LogP contribution in [0.3, 0.4) is 0 Å². The number of nitrogens with one attached hydrogen (secondary N) is 1. The van der Waals surface area contributed by atoms with E-state index in [2.05, 4.69) is 15.5 Å². The second kappa shape index (κ2) is 6.22. The lowest BCUT2D eigenvalue weighted by atomic mass is 10.1. The largest absolute Gasteiger partial charge is 0.480 e. The number of aromatic nitrogens is 2. The van der Waals surface area contributed by atoms with Crippen LogP contribution in [0.2, 0.25) is 0 Å². The van der Waals surface area contributed by atoms with Crippen molar-refractivity contribution in [3.8, 4) is 0 Å². The first-order chi connectivity index (χ1) is 7.63. The third-order valence-electron chi connectivity index (χ3n) is 2.17. The smallest absolute Gasteiger partial charge is 0.320 e. The van der Waals surface area contributed by atoms with Crippen molar-refractivity contribution in [1.29, 1.82) is 0 Å². The quantitative estimate of drug-likeness (QED) is 0.715. The Morgan fingerprint density at radius 3 is 2.88 bits per heavy atom. The molecule has 6 nitrogen and oxygen atoms in total. The van der Waals surface area contributed by atoms with E-state index in [1.165, 1.54) is 0 Å². The van der Waals surface area contributed by atoms with Gasteiger partial charge in [0.15, 0.2) is 5.82 Å². The summed E-state index contributed by atoms with van der Waals surface area (Å²) in [4.78, 5) is 14.9. The molecule has 2 N–H and O–H groups in total. The summed E-state index contributed by atoms with van der Waals surface area (Å²) in [6.07, 6.45) is 2.01. The molecule has 0 spiro atoms. The molecule has 1 atom stereocenters. The van der Waals surface area contributed by atoms with Crippen molar-refractivity contribution in [2.45, 2.75) is 39.2 Å². The van der Waals surface area contributed by atoms with Gasteiger partial charge >= 0.3 is 5.97 Å². The third kappa shape index (κ3) is 3.98. The van der Waals surface area contributed by atoms with E-state index in [9.17, 15) is 4.79 Å². The molecule has 1 aromatic rings. The molecule has 16 heavy (non-hydrogen) atoms. The summed E-state index contributed by atoms with van der Waals surface area (Å²) in [6, 6.07) is -0.492. The van der Waals surface area contributed by atoms with Crippen molar-refractivity contribution < 1.29 is 14.4 Å². The number of nitrogens with zero attached hydrogens (tertiary/aromatic N) is 2. The zero-order valence-corrected chi connectivity index (χ0v) is 9.56. The first kappa shape index (κ1) is 12.6. The predicted molar refractivity (Wildman–Crippen MR) is 57.1 cm³/mol. The van der Waals surface area contributed by atoms with E-state index in [4.69, 9.17) is 9.63 Å². The van der Waals surface area contributed by atoms with Gasteiger partial charge < -0.3 is 14.9 Å². The maximum atomic E-state index is 10.8. The number of rotatable bonds is 7. The number of carboxylic acid groups (broad SMARTS) is 1. The molecule has 0 aliphatic carbocycles. The fourth-order valence-electron chi connectivity index (χ4n) is 1.40. The van der Waals surface area contributed by atoms with Crippen molar-refractivity contribution in [1.82, 2.24) is 15.5 Å². The van der Waals surface area contributed by atoms with E-state index < -0.39 is 12.0 Å². The van der Waals surface area contributed by atoms with Crippen molar-refractivity contribution in [2.75, 3.05) is 6.54 Å². The van der Waals surface area contributed by atoms with Crippen LogP contribution in [0.5, 0.6) is 0 Å². The van der Waals surface area contributed by atoms with Gasteiger partial charge in [0.05, 0.1) is 0 Å². The minimum absolute atomic E-state index is 0.492. The summed E-state index contributed by atoms with van der Waals surface area (Å²) in [5, 5.41) is 15.5. The van der Waals surface area contributed by atoms with Crippen LogP contribution in [0.4, 0.5) is 0 Å². The van der Waals surface area contributed by atoms with E-state index in [1.54, 1.807) is 6.92 Å². The van der Waals surface area contributed by atoms with Crippen LogP contribution in [0, 0.1) is 6.92 Å². The van der Waals surface area contributed by atoms with Crippen LogP contribution in [0.1, 0.15) is 31.5 Å². The highest BCUT2D eigenvalue weighted by molar-refractivity contribution is 5.73. The van der Waals surface area contributed by atoms with Gasteiger partial charge in [0.25, 0.3) is 0 Å². The zero-order valence-electron chi connectivity index (χ0n) is 9.56. The van der Waals surface area contributed by atoms with Gasteiger partial charge in [0.1, 0.15) is 6.04 Å². The summed E-state index contributed by atoms with van der Waals surface area (Å²) >= 11 is 0.